The van der Waals surface area contributed by atoms with Gasteiger partial charge in [0.15, 0.2) is 0 Å². The molecular weight excluding hydrogens is 323 g/mol. The van der Waals surface area contributed by atoms with Gasteiger partial charge in [-0.05, 0) is 17.7 Å². The van der Waals surface area contributed by atoms with Crippen LogP contribution in [0.5, 0.6) is 0 Å². The van der Waals surface area contributed by atoms with Crippen LogP contribution in [-0.2, 0) is 18.0 Å². The van der Waals surface area contributed by atoms with Gasteiger partial charge in [0.25, 0.3) is 0 Å². The van der Waals surface area contributed by atoms with Crippen molar-refractivity contribution in [3.05, 3.63) is 38.8 Å². The lowest BCUT2D eigenvalue weighted by atomic mass is 9.93. The highest BCUT2D eigenvalue weighted by molar-refractivity contribution is 7.09. The fraction of sp³-hybridized carbons (Fsp3) is 0.462. The first-order chi connectivity index (χ1) is 9.55. The zero-order chi connectivity index (χ0) is 15.8. The molecule has 2 heterocycles. The van der Waals surface area contributed by atoms with Crippen LogP contribution in [0.15, 0.2) is 11.4 Å². The standard InChI is InChI=1S/C13H13ClF3N3S/c1-12(2,3)9-6-21-10(19-9)5-7-4-8(13(15,16)17)20-11(14)18-7/h4,6H,5H2,1-3H3. The second-order valence-electron chi connectivity index (χ2n) is 5.56. The molecular formula is C13H13ClF3N3S. The molecule has 0 spiro atoms. The summed E-state index contributed by atoms with van der Waals surface area (Å²) in [7, 11) is 0. The van der Waals surface area contributed by atoms with E-state index < -0.39 is 17.2 Å². The van der Waals surface area contributed by atoms with E-state index in [9.17, 15) is 13.2 Å². The number of alkyl halides is 3. The number of thiazole rings is 1. The minimum Gasteiger partial charge on any atom is -0.245 e. The molecule has 114 valence electrons. The van der Waals surface area contributed by atoms with E-state index in [-0.39, 0.29) is 17.5 Å². The Bertz CT molecular complexity index is 647. The van der Waals surface area contributed by atoms with Crippen LogP contribution in [0.1, 0.15) is 42.9 Å². The largest absolute Gasteiger partial charge is 0.433 e. The van der Waals surface area contributed by atoms with Crippen LogP contribution in [0, 0.1) is 0 Å². The molecule has 3 nitrogen and oxygen atoms in total. The molecule has 0 unspecified atom stereocenters. The Morgan fingerprint density at radius 1 is 1.10 bits per heavy atom. The van der Waals surface area contributed by atoms with Gasteiger partial charge in [-0.2, -0.15) is 13.2 Å². The summed E-state index contributed by atoms with van der Waals surface area (Å²) in [5.74, 6) is 0. The van der Waals surface area contributed by atoms with E-state index in [4.69, 9.17) is 11.6 Å². The average Bonchev–Trinajstić information content (AvgIpc) is 2.75. The Balaban J connectivity index is 2.28. The maximum absolute atomic E-state index is 12.7. The summed E-state index contributed by atoms with van der Waals surface area (Å²) in [6, 6.07) is 0.907. The third-order valence-electron chi connectivity index (χ3n) is 2.69. The maximum atomic E-state index is 12.7. The number of hydrogen-bond acceptors (Lipinski definition) is 4. The molecule has 0 amide bonds. The molecule has 2 aromatic rings. The van der Waals surface area contributed by atoms with Gasteiger partial charge < -0.3 is 0 Å². The van der Waals surface area contributed by atoms with Crippen molar-refractivity contribution >= 4 is 22.9 Å². The summed E-state index contributed by atoms with van der Waals surface area (Å²) >= 11 is 6.96. The second-order valence-corrected chi connectivity index (χ2v) is 6.85. The van der Waals surface area contributed by atoms with Crippen LogP contribution < -0.4 is 0 Å². The summed E-state index contributed by atoms with van der Waals surface area (Å²) in [4.78, 5) is 11.5. The molecule has 0 aromatic carbocycles. The molecule has 0 aliphatic rings. The van der Waals surface area contributed by atoms with Gasteiger partial charge in [0, 0.05) is 17.2 Å². The van der Waals surface area contributed by atoms with Crippen molar-refractivity contribution in [2.45, 2.75) is 38.8 Å². The van der Waals surface area contributed by atoms with Crippen molar-refractivity contribution < 1.29 is 13.2 Å². The topological polar surface area (TPSA) is 38.7 Å². The molecule has 0 saturated carbocycles. The SMILES string of the molecule is CC(C)(C)c1csc(Cc2cc(C(F)(F)F)nc(Cl)n2)n1. The summed E-state index contributed by atoms with van der Waals surface area (Å²) in [6.07, 6.45) is -4.34. The van der Waals surface area contributed by atoms with Gasteiger partial charge in [-0.3, -0.25) is 0 Å². The first-order valence-electron chi connectivity index (χ1n) is 6.11. The molecule has 0 fully saturated rings. The fourth-order valence-electron chi connectivity index (χ4n) is 1.59. The zero-order valence-corrected chi connectivity index (χ0v) is 13.2. The summed E-state index contributed by atoms with van der Waals surface area (Å²) in [6.45, 7) is 6.07. The van der Waals surface area contributed by atoms with Crippen LogP contribution in [-0.4, -0.2) is 15.0 Å². The summed E-state index contributed by atoms with van der Waals surface area (Å²) in [5.41, 5.74) is -0.0317. The van der Waals surface area contributed by atoms with Crippen molar-refractivity contribution in [2.24, 2.45) is 0 Å². The van der Waals surface area contributed by atoms with E-state index in [1.54, 1.807) is 0 Å². The Kier molecular flexibility index (Phi) is 4.26. The highest BCUT2D eigenvalue weighted by Gasteiger charge is 2.33. The molecule has 2 rings (SSSR count). The third kappa shape index (κ3) is 4.14. The Morgan fingerprint density at radius 3 is 2.29 bits per heavy atom. The van der Waals surface area contributed by atoms with Crippen LogP contribution in [0.4, 0.5) is 13.2 Å². The van der Waals surface area contributed by atoms with E-state index in [0.717, 1.165) is 11.8 Å². The molecule has 0 radical (unpaired) electrons. The fourth-order valence-corrected chi connectivity index (χ4v) is 2.83. The van der Waals surface area contributed by atoms with Gasteiger partial charge in [0.2, 0.25) is 5.28 Å². The predicted molar refractivity (Wildman–Crippen MR) is 75.7 cm³/mol. The molecule has 0 aliphatic heterocycles. The van der Waals surface area contributed by atoms with E-state index in [1.165, 1.54) is 11.3 Å². The molecule has 2 aromatic heterocycles. The Morgan fingerprint density at radius 2 is 1.76 bits per heavy atom. The molecule has 0 aliphatic carbocycles. The average molecular weight is 336 g/mol. The highest BCUT2D eigenvalue weighted by atomic mass is 35.5. The Labute approximate surface area is 129 Å². The lowest BCUT2D eigenvalue weighted by Crippen LogP contribution is -2.12. The smallest absolute Gasteiger partial charge is 0.245 e. The lowest BCUT2D eigenvalue weighted by Gasteiger charge is -2.14. The number of halogens is 4. The van der Waals surface area contributed by atoms with Gasteiger partial charge in [0.1, 0.15) is 5.69 Å². The van der Waals surface area contributed by atoms with Crippen LogP contribution in [0.3, 0.4) is 0 Å². The van der Waals surface area contributed by atoms with Crippen LogP contribution in [0.25, 0.3) is 0 Å². The van der Waals surface area contributed by atoms with Crippen LogP contribution in [0.2, 0.25) is 5.28 Å². The van der Waals surface area contributed by atoms with Crippen molar-refractivity contribution in [3.8, 4) is 0 Å². The summed E-state index contributed by atoms with van der Waals surface area (Å²) < 4.78 is 38.1. The van der Waals surface area contributed by atoms with Gasteiger partial charge in [-0.15, -0.1) is 11.3 Å². The minimum absolute atomic E-state index is 0.102. The van der Waals surface area contributed by atoms with Crippen molar-refractivity contribution in [1.82, 2.24) is 15.0 Å². The van der Waals surface area contributed by atoms with Crippen LogP contribution >= 0.6 is 22.9 Å². The summed E-state index contributed by atoms with van der Waals surface area (Å²) in [5, 5.41) is 2.19. The number of hydrogen-bond donors (Lipinski definition) is 0. The maximum Gasteiger partial charge on any atom is 0.433 e. The predicted octanol–water partition coefficient (Wildman–Crippen LogP) is 4.49. The number of rotatable bonds is 2. The van der Waals surface area contributed by atoms with E-state index in [1.807, 2.05) is 26.2 Å². The van der Waals surface area contributed by atoms with E-state index in [2.05, 4.69) is 15.0 Å². The van der Waals surface area contributed by atoms with E-state index >= 15 is 0 Å². The molecule has 0 saturated heterocycles. The first kappa shape index (κ1) is 16.2. The number of nitrogens with zero attached hydrogens (tertiary/aromatic N) is 3. The van der Waals surface area contributed by atoms with E-state index in [0.29, 0.717) is 5.01 Å². The third-order valence-corrected chi connectivity index (χ3v) is 3.71. The zero-order valence-electron chi connectivity index (χ0n) is 11.6. The highest BCUT2D eigenvalue weighted by Crippen LogP contribution is 2.30. The lowest BCUT2D eigenvalue weighted by molar-refractivity contribution is -0.141. The molecule has 0 atom stereocenters. The van der Waals surface area contributed by atoms with Gasteiger partial charge in [-0.1, -0.05) is 20.8 Å². The second kappa shape index (κ2) is 5.53. The van der Waals surface area contributed by atoms with Crippen molar-refractivity contribution in [2.75, 3.05) is 0 Å². The molecule has 0 N–H and O–H groups in total. The van der Waals surface area contributed by atoms with Gasteiger partial charge in [0.05, 0.1) is 16.4 Å². The Hall–Kier alpha value is -1.21. The quantitative estimate of drug-likeness (QED) is 0.759. The number of aromatic nitrogens is 3. The molecule has 21 heavy (non-hydrogen) atoms. The first-order valence-corrected chi connectivity index (χ1v) is 7.37. The van der Waals surface area contributed by atoms with Gasteiger partial charge >= 0.3 is 6.18 Å². The minimum atomic E-state index is -4.54. The molecule has 0 bridgehead atoms. The molecule has 8 heteroatoms. The van der Waals surface area contributed by atoms with Crippen molar-refractivity contribution in [1.29, 1.82) is 0 Å². The van der Waals surface area contributed by atoms with Crippen molar-refractivity contribution in [3.63, 3.8) is 0 Å². The van der Waals surface area contributed by atoms with Gasteiger partial charge in [-0.25, -0.2) is 15.0 Å². The normalized spacial score (nSPS) is 12.7. The monoisotopic (exact) mass is 335 g/mol.